The molecule has 0 aliphatic carbocycles. The Labute approximate surface area is 98.6 Å². The number of halogens is 2. The molecule has 0 bridgehead atoms. The number of hydrogen-bond acceptors (Lipinski definition) is 4. The van der Waals surface area contributed by atoms with Gasteiger partial charge in [-0.05, 0) is 11.6 Å². The highest BCUT2D eigenvalue weighted by atomic mass is 35.5. The van der Waals surface area contributed by atoms with E-state index in [1.54, 1.807) is 6.07 Å². The van der Waals surface area contributed by atoms with Crippen LogP contribution in [0, 0.1) is 5.41 Å². The molecule has 0 saturated carbocycles. The lowest BCUT2D eigenvalue weighted by Gasteiger charge is -2.22. The predicted molar refractivity (Wildman–Crippen MR) is 61.4 cm³/mol. The Morgan fingerprint density at radius 2 is 2.07 bits per heavy atom. The molecule has 0 aromatic carbocycles. The van der Waals surface area contributed by atoms with Crippen molar-refractivity contribution < 1.29 is 5.11 Å². The van der Waals surface area contributed by atoms with Crippen LogP contribution in [0.1, 0.15) is 13.8 Å². The second-order valence-corrected chi connectivity index (χ2v) is 4.75. The number of nitrogens with zero attached hydrogens (tertiary/aromatic N) is 2. The lowest BCUT2D eigenvalue weighted by Crippen LogP contribution is -2.27. The van der Waals surface area contributed by atoms with Crippen molar-refractivity contribution in [2.24, 2.45) is 5.41 Å². The number of hydrogen-bond donors (Lipinski definition) is 2. The Balaban J connectivity index is 2.65. The molecule has 0 spiro atoms. The summed E-state index contributed by atoms with van der Waals surface area (Å²) in [6.45, 7) is 4.54. The first-order valence-corrected chi connectivity index (χ1v) is 5.23. The molecule has 0 radical (unpaired) electrons. The van der Waals surface area contributed by atoms with E-state index in [0.717, 1.165) is 0 Å². The maximum atomic E-state index is 9.06. The van der Waals surface area contributed by atoms with Crippen molar-refractivity contribution in [2.75, 3.05) is 18.5 Å². The molecule has 0 atom stereocenters. The molecule has 0 aliphatic rings. The highest BCUT2D eigenvalue weighted by Gasteiger charge is 2.16. The van der Waals surface area contributed by atoms with Crippen LogP contribution in [0.3, 0.4) is 0 Å². The van der Waals surface area contributed by atoms with Gasteiger partial charge in [-0.2, -0.15) is 0 Å². The molecule has 1 heterocycles. The van der Waals surface area contributed by atoms with Gasteiger partial charge in [0.2, 0.25) is 5.28 Å². The average molecular weight is 250 g/mol. The van der Waals surface area contributed by atoms with Crippen molar-refractivity contribution in [1.29, 1.82) is 0 Å². The van der Waals surface area contributed by atoms with Gasteiger partial charge in [-0.15, -0.1) is 0 Å². The number of anilines is 1. The standard InChI is InChI=1S/C9H13Cl2N3O/c1-9(2,5-15)4-12-7-3-6(10)13-8(11)14-7/h3,15H,4-5H2,1-2H3,(H,12,13,14). The molecule has 0 saturated heterocycles. The third-order valence-corrected chi connectivity index (χ3v) is 2.21. The van der Waals surface area contributed by atoms with E-state index in [1.807, 2.05) is 13.8 Å². The normalized spacial score (nSPS) is 11.5. The van der Waals surface area contributed by atoms with E-state index in [1.165, 1.54) is 0 Å². The molecule has 1 rings (SSSR count). The van der Waals surface area contributed by atoms with Crippen LogP contribution in [-0.2, 0) is 0 Å². The Morgan fingerprint density at radius 1 is 1.40 bits per heavy atom. The maximum absolute atomic E-state index is 9.06. The topological polar surface area (TPSA) is 58.0 Å². The van der Waals surface area contributed by atoms with Crippen molar-refractivity contribution in [3.8, 4) is 0 Å². The van der Waals surface area contributed by atoms with Crippen LogP contribution in [0.2, 0.25) is 10.4 Å². The van der Waals surface area contributed by atoms with E-state index in [0.29, 0.717) is 17.5 Å². The van der Waals surface area contributed by atoms with Crippen molar-refractivity contribution in [1.82, 2.24) is 9.97 Å². The summed E-state index contributed by atoms with van der Waals surface area (Å²) in [7, 11) is 0. The minimum atomic E-state index is -0.218. The Morgan fingerprint density at radius 3 is 2.60 bits per heavy atom. The maximum Gasteiger partial charge on any atom is 0.225 e. The summed E-state index contributed by atoms with van der Waals surface area (Å²) in [5.41, 5.74) is -0.218. The van der Waals surface area contributed by atoms with E-state index >= 15 is 0 Å². The Bertz CT molecular complexity index is 324. The van der Waals surface area contributed by atoms with Crippen molar-refractivity contribution in [3.63, 3.8) is 0 Å². The summed E-state index contributed by atoms with van der Waals surface area (Å²) in [6, 6.07) is 1.58. The van der Waals surface area contributed by atoms with Crippen molar-refractivity contribution in [2.45, 2.75) is 13.8 Å². The highest BCUT2D eigenvalue weighted by Crippen LogP contribution is 2.18. The number of aliphatic hydroxyl groups excluding tert-OH is 1. The van der Waals surface area contributed by atoms with Crippen molar-refractivity contribution in [3.05, 3.63) is 16.5 Å². The van der Waals surface area contributed by atoms with Crippen LogP contribution in [0.4, 0.5) is 5.82 Å². The molecule has 4 nitrogen and oxygen atoms in total. The smallest absolute Gasteiger partial charge is 0.225 e. The third kappa shape index (κ3) is 4.20. The number of nitrogens with one attached hydrogen (secondary N) is 1. The predicted octanol–water partition coefficient (Wildman–Crippen LogP) is 2.21. The molecule has 15 heavy (non-hydrogen) atoms. The van der Waals surface area contributed by atoms with Crippen LogP contribution in [0.25, 0.3) is 0 Å². The van der Waals surface area contributed by atoms with Crippen molar-refractivity contribution >= 4 is 29.0 Å². The molecule has 1 aromatic heterocycles. The molecule has 6 heteroatoms. The fraction of sp³-hybridized carbons (Fsp3) is 0.556. The third-order valence-electron chi connectivity index (χ3n) is 1.84. The summed E-state index contributed by atoms with van der Waals surface area (Å²) in [4.78, 5) is 7.68. The second kappa shape index (κ2) is 4.96. The molecule has 2 N–H and O–H groups in total. The second-order valence-electron chi connectivity index (χ2n) is 4.02. The summed E-state index contributed by atoms with van der Waals surface area (Å²) in [5, 5.41) is 12.5. The average Bonchev–Trinajstić information content (AvgIpc) is 2.14. The van der Waals surface area contributed by atoms with Gasteiger partial charge in [0.15, 0.2) is 0 Å². The summed E-state index contributed by atoms with van der Waals surface area (Å²) in [6.07, 6.45) is 0. The van der Waals surface area contributed by atoms with Gasteiger partial charge < -0.3 is 10.4 Å². The summed E-state index contributed by atoms with van der Waals surface area (Å²) < 4.78 is 0. The summed E-state index contributed by atoms with van der Waals surface area (Å²) >= 11 is 11.3. The fourth-order valence-corrected chi connectivity index (χ4v) is 1.27. The van der Waals surface area contributed by atoms with Crippen LogP contribution < -0.4 is 5.32 Å². The fourth-order valence-electron chi connectivity index (χ4n) is 0.866. The molecular weight excluding hydrogens is 237 g/mol. The van der Waals surface area contributed by atoms with Gasteiger partial charge in [-0.25, -0.2) is 9.97 Å². The Hall–Kier alpha value is -0.580. The molecule has 0 fully saturated rings. The minimum absolute atomic E-state index is 0.0898. The molecular formula is C9H13Cl2N3O. The zero-order valence-corrected chi connectivity index (χ0v) is 10.1. The zero-order chi connectivity index (χ0) is 11.5. The van der Waals surface area contributed by atoms with Gasteiger partial charge in [0.1, 0.15) is 11.0 Å². The van der Waals surface area contributed by atoms with Gasteiger partial charge in [0.05, 0.1) is 0 Å². The van der Waals surface area contributed by atoms with Gasteiger partial charge in [-0.1, -0.05) is 25.4 Å². The van der Waals surface area contributed by atoms with E-state index in [4.69, 9.17) is 28.3 Å². The first-order valence-electron chi connectivity index (χ1n) is 4.48. The number of rotatable bonds is 4. The SMILES string of the molecule is CC(C)(CO)CNc1cc(Cl)nc(Cl)n1. The van der Waals surface area contributed by atoms with Gasteiger partial charge in [0.25, 0.3) is 0 Å². The lowest BCUT2D eigenvalue weighted by molar-refractivity contribution is 0.170. The molecule has 84 valence electrons. The molecule has 0 unspecified atom stereocenters. The molecule has 0 aliphatic heterocycles. The minimum Gasteiger partial charge on any atom is -0.396 e. The molecule has 0 amide bonds. The number of aromatic nitrogens is 2. The number of aliphatic hydroxyl groups is 1. The van der Waals surface area contributed by atoms with Crippen LogP contribution in [-0.4, -0.2) is 28.2 Å². The van der Waals surface area contributed by atoms with Gasteiger partial charge in [-0.3, -0.25) is 0 Å². The van der Waals surface area contributed by atoms with E-state index < -0.39 is 0 Å². The monoisotopic (exact) mass is 249 g/mol. The van der Waals surface area contributed by atoms with E-state index in [9.17, 15) is 0 Å². The van der Waals surface area contributed by atoms with Gasteiger partial charge >= 0.3 is 0 Å². The Kier molecular flexibility index (Phi) is 4.13. The van der Waals surface area contributed by atoms with E-state index in [-0.39, 0.29) is 17.3 Å². The lowest BCUT2D eigenvalue weighted by atomic mass is 9.95. The van der Waals surface area contributed by atoms with Crippen LogP contribution in [0.15, 0.2) is 6.07 Å². The zero-order valence-electron chi connectivity index (χ0n) is 8.59. The first kappa shape index (κ1) is 12.5. The van der Waals surface area contributed by atoms with E-state index in [2.05, 4.69) is 15.3 Å². The first-order chi connectivity index (χ1) is 6.93. The van der Waals surface area contributed by atoms with Crippen LogP contribution >= 0.6 is 23.2 Å². The summed E-state index contributed by atoms with van der Waals surface area (Å²) in [5.74, 6) is 0.557. The van der Waals surface area contributed by atoms with Gasteiger partial charge in [0, 0.05) is 24.6 Å². The molecule has 1 aromatic rings. The largest absolute Gasteiger partial charge is 0.396 e. The quantitative estimate of drug-likeness (QED) is 0.635. The van der Waals surface area contributed by atoms with Crippen LogP contribution in [0.5, 0.6) is 0 Å². The highest BCUT2D eigenvalue weighted by molar-refractivity contribution is 6.32.